The zero-order chi connectivity index (χ0) is 18.8. The molecular formula is C18H31NO4S2. The maximum absolute atomic E-state index is 13.4. The summed E-state index contributed by atoms with van der Waals surface area (Å²) in [6.45, 7) is 12.0. The maximum atomic E-state index is 13.4. The van der Waals surface area contributed by atoms with Gasteiger partial charge in [0.15, 0.2) is 4.93 Å². The zero-order valence-electron chi connectivity index (χ0n) is 16.2. The predicted octanol–water partition coefficient (Wildman–Crippen LogP) is 3.25. The van der Waals surface area contributed by atoms with Crippen LogP contribution in [0.5, 0.6) is 0 Å². The summed E-state index contributed by atoms with van der Waals surface area (Å²) in [5.74, 6) is 0.616. The van der Waals surface area contributed by atoms with Crippen molar-refractivity contribution in [1.82, 2.24) is 4.31 Å². The summed E-state index contributed by atoms with van der Waals surface area (Å²) < 4.78 is 34.4. The molecule has 0 radical (unpaired) electrons. The zero-order valence-corrected chi connectivity index (χ0v) is 17.8. The van der Waals surface area contributed by atoms with E-state index in [1.807, 2.05) is 27.7 Å². The van der Waals surface area contributed by atoms with E-state index in [2.05, 4.69) is 13.8 Å². The van der Waals surface area contributed by atoms with Gasteiger partial charge in [0, 0.05) is 23.9 Å². The number of rotatable bonds is 5. The Morgan fingerprint density at radius 3 is 2.28 bits per heavy atom. The van der Waals surface area contributed by atoms with Gasteiger partial charge in [0.05, 0.1) is 11.5 Å². The highest BCUT2D eigenvalue weighted by atomic mass is 32.2. The molecule has 1 aliphatic heterocycles. The van der Waals surface area contributed by atoms with Gasteiger partial charge in [0.2, 0.25) is 10.0 Å². The summed E-state index contributed by atoms with van der Waals surface area (Å²) in [5, 5.41) is 0. The molecule has 0 N–H and O–H groups in total. The van der Waals surface area contributed by atoms with Crippen molar-refractivity contribution in [2.45, 2.75) is 77.8 Å². The van der Waals surface area contributed by atoms with Crippen LogP contribution in [0.3, 0.4) is 0 Å². The standard InChI is InChI=1S/C18H31NO4S2/c1-12(2)19(13(3)4)25(21,22)11-17-8-7-14(16(17,5)6)9-18(17)23-15(20)10-24-18/h12-14H,7-11H2,1-6H3/t14-,17+,18-/m1/s1. The minimum atomic E-state index is -3.47. The number of hydrogen-bond acceptors (Lipinski definition) is 5. The normalized spacial score (nSPS) is 37.0. The Hall–Kier alpha value is -0.270. The highest BCUT2D eigenvalue weighted by Gasteiger charge is 2.75. The Kier molecular flexibility index (Phi) is 4.57. The lowest BCUT2D eigenvalue weighted by Crippen LogP contribution is -2.55. The molecule has 2 bridgehead atoms. The van der Waals surface area contributed by atoms with Gasteiger partial charge < -0.3 is 4.74 Å². The summed E-state index contributed by atoms with van der Waals surface area (Å²) >= 11 is 1.54. The van der Waals surface area contributed by atoms with E-state index in [9.17, 15) is 13.2 Å². The molecule has 0 aromatic rings. The SMILES string of the molecule is CC(C)N(C(C)C)S(=O)(=O)C[C@]12CC[C@H](C[C@]13OC(=O)CS3)C2(C)C. The highest BCUT2D eigenvalue weighted by molar-refractivity contribution is 8.01. The molecular weight excluding hydrogens is 358 g/mol. The van der Waals surface area contributed by atoms with Gasteiger partial charge in [-0.05, 0) is 51.9 Å². The fourth-order valence-electron chi connectivity index (χ4n) is 5.80. The van der Waals surface area contributed by atoms with Gasteiger partial charge in [-0.25, -0.2) is 8.42 Å². The molecule has 3 aliphatic rings. The van der Waals surface area contributed by atoms with Crippen LogP contribution in [-0.4, -0.2) is 47.2 Å². The van der Waals surface area contributed by atoms with Gasteiger partial charge in [-0.1, -0.05) is 13.8 Å². The molecule has 0 aromatic carbocycles. The first-order valence-electron chi connectivity index (χ1n) is 9.25. The van der Waals surface area contributed by atoms with Crippen LogP contribution in [0.1, 0.15) is 60.8 Å². The second-order valence-electron chi connectivity index (χ2n) is 9.03. The van der Waals surface area contributed by atoms with Crippen molar-refractivity contribution in [3.05, 3.63) is 0 Å². The van der Waals surface area contributed by atoms with Crippen LogP contribution >= 0.6 is 11.8 Å². The minimum absolute atomic E-state index is 0.0696. The first-order valence-corrected chi connectivity index (χ1v) is 11.8. The summed E-state index contributed by atoms with van der Waals surface area (Å²) in [5.41, 5.74) is -0.667. The van der Waals surface area contributed by atoms with Gasteiger partial charge >= 0.3 is 5.97 Å². The van der Waals surface area contributed by atoms with E-state index in [1.54, 1.807) is 4.31 Å². The molecule has 3 atom stereocenters. The summed E-state index contributed by atoms with van der Waals surface area (Å²) in [7, 11) is -3.47. The molecule has 1 saturated heterocycles. The van der Waals surface area contributed by atoms with Crippen LogP contribution in [0.4, 0.5) is 0 Å². The Morgan fingerprint density at radius 2 is 1.84 bits per heavy atom. The molecule has 25 heavy (non-hydrogen) atoms. The van der Waals surface area contributed by atoms with E-state index in [0.717, 1.165) is 19.3 Å². The van der Waals surface area contributed by atoms with Crippen LogP contribution in [0.15, 0.2) is 0 Å². The van der Waals surface area contributed by atoms with E-state index < -0.39 is 20.4 Å². The van der Waals surface area contributed by atoms with Gasteiger partial charge in [-0.2, -0.15) is 4.31 Å². The number of ether oxygens (including phenoxy) is 1. The summed E-state index contributed by atoms with van der Waals surface area (Å²) in [6, 6.07) is -0.171. The molecule has 144 valence electrons. The van der Waals surface area contributed by atoms with Crippen molar-refractivity contribution in [3.63, 3.8) is 0 Å². The predicted molar refractivity (Wildman–Crippen MR) is 101 cm³/mol. The molecule has 0 amide bonds. The first kappa shape index (κ1) is 19.5. The molecule has 0 aromatic heterocycles. The second kappa shape index (κ2) is 5.86. The van der Waals surface area contributed by atoms with Crippen LogP contribution in [0.25, 0.3) is 0 Å². The van der Waals surface area contributed by atoms with Gasteiger partial charge in [0.1, 0.15) is 0 Å². The van der Waals surface area contributed by atoms with Crippen LogP contribution in [0.2, 0.25) is 0 Å². The van der Waals surface area contributed by atoms with E-state index in [-0.39, 0.29) is 29.2 Å². The smallest absolute Gasteiger partial charge is 0.317 e. The van der Waals surface area contributed by atoms with Crippen LogP contribution in [0, 0.1) is 16.7 Å². The monoisotopic (exact) mass is 389 g/mol. The third-order valence-corrected chi connectivity index (χ3v) is 10.7. The molecule has 1 spiro atoms. The number of thioether (sulfide) groups is 1. The number of fused-ring (bicyclic) bond motifs is 3. The number of esters is 1. The van der Waals surface area contributed by atoms with Gasteiger partial charge in [0.25, 0.3) is 0 Å². The van der Waals surface area contributed by atoms with Crippen LogP contribution in [-0.2, 0) is 19.6 Å². The number of hydrogen-bond donors (Lipinski definition) is 0. The second-order valence-corrected chi connectivity index (χ2v) is 12.1. The maximum Gasteiger partial charge on any atom is 0.317 e. The van der Waals surface area contributed by atoms with Crippen molar-refractivity contribution in [2.75, 3.05) is 11.5 Å². The van der Waals surface area contributed by atoms with E-state index in [1.165, 1.54) is 11.8 Å². The topological polar surface area (TPSA) is 63.7 Å². The molecule has 2 saturated carbocycles. The third-order valence-electron chi connectivity index (χ3n) is 6.89. The van der Waals surface area contributed by atoms with Gasteiger partial charge in [-0.3, -0.25) is 4.79 Å². The fourth-order valence-corrected chi connectivity index (χ4v) is 10.3. The van der Waals surface area contributed by atoms with Crippen molar-refractivity contribution < 1.29 is 17.9 Å². The average molecular weight is 390 g/mol. The quantitative estimate of drug-likeness (QED) is 0.676. The molecule has 0 unspecified atom stereocenters. The molecule has 3 rings (SSSR count). The van der Waals surface area contributed by atoms with Crippen molar-refractivity contribution in [1.29, 1.82) is 0 Å². The Balaban J connectivity index is 2.04. The molecule has 3 fully saturated rings. The number of sulfonamides is 1. The van der Waals surface area contributed by atoms with Crippen molar-refractivity contribution in [3.8, 4) is 0 Å². The van der Waals surface area contributed by atoms with Crippen LogP contribution < -0.4 is 0 Å². The summed E-state index contributed by atoms with van der Waals surface area (Å²) in [4.78, 5) is 11.3. The highest BCUT2D eigenvalue weighted by Crippen LogP contribution is 2.75. The molecule has 7 heteroatoms. The molecule has 5 nitrogen and oxygen atoms in total. The lowest BCUT2D eigenvalue weighted by molar-refractivity contribution is -0.154. The molecule has 1 heterocycles. The fraction of sp³-hybridized carbons (Fsp3) is 0.944. The van der Waals surface area contributed by atoms with Crippen molar-refractivity contribution in [2.24, 2.45) is 16.7 Å². The summed E-state index contributed by atoms with van der Waals surface area (Å²) in [6.07, 6.45) is 2.62. The number of carbonyl (C=O) groups excluding carboxylic acids is 1. The Labute approximate surface area is 156 Å². The Bertz CT molecular complexity index is 665. The molecule has 2 aliphatic carbocycles. The van der Waals surface area contributed by atoms with E-state index >= 15 is 0 Å². The first-order chi connectivity index (χ1) is 11.4. The third kappa shape index (κ3) is 2.59. The van der Waals surface area contributed by atoms with Gasteiger partial charge in [-0.15, -0.1) is 11.8 Å². The lowest BCUT2D eigenvalue weighted by atomic mass is 9.69. The Morgan fingerprint density at radius 1 is 1.24 bits per heavy atom. The van der Waals surface area contributed by atoms with E-state index in [4.69, 9.17) is 4.74 Å². The van der Waals surface area contributed by atoms with Crippen molar-refractivity contribution >= 4 is 27.8 Å². The minimum Gasteiger partial charge on any atom is -0.447 e. The van der Waals surface area contributed by atoms with E-state index in [0.29, 0.717) is 11.7 Å². The number of carbonyl (C=O) groups is 1. The average Bonchev–Trinajstić information content (AvgIpc) is 2.96. The number of nitrogens with zero attached hydrogens (tertiary/aromatic N) is 1. The largest absolute Gasteiger partial charge is 0.447 e. The lowest BCUT2D eigenvalue weighted by Gasteiger charge is -2.47.